The average molecular weight is 269 g/mol. The van der Waals surface area contributed by atoms with Gasteiger partial charge >= 0.3 is 6.09 Å². The van der Waals surface area contributed by atoms with Crippen molar-refractivity contribution < 1.29 is 9.53 Å². The monoisotopic (exact) mass is 269 g/mol. The minimum absolute atomic E-state index is 0.162. The highest BCUT2D eigenvalue weighted by Crippen LogP contribution is 2.20. The molecule has 110 valence electrons. The van der Waals surface area contributed by atoms with Crippen LogP contribution in [-0.2, 0) is 4.74 Å². The Balaban J connectivity index is 1.67. The molecule has 0 bridgehead atoms. The fourth-order valence-electron chi connectivity index (χ4n) is 3.06. The van der Waals surface area contributed by atoms with Gasteiger partial charge in [-0.25, -0.2) is 4.79 Å². The Labute approximate surface area is 115 Å². The highest BCUT2D eigenvalue weighted by Gasteiger charge is 2.26. The molecule has 5 nitrogen and oxygen atoms in total. The first-order chi connectivity index (χ1) is 9.19. The van der Waals surface area contributed by atoms with Gasteiger partial charge in [-0.2, -0.15) is 0 Å². The lowest BCUT2D eigenvalue weighted by Gasteiger charge is -2.35. The Kier molecular flexibility index (Phi) is 5.45. The first kappa shape index (κ1) is 14.6. The summed E-state index contributed by atoms with van der Waals surface area (Å²) >= 11 is 0. The van der Waals surface area contributed by atoms with Crippen molar-refractivity contribution in [3.63, 3.8) is 0 Å². The molecule has 0 aromatic rings. The highest BCUT2D eigenvalue weighted by atomic mass is 16.6. The SMILES string of the molecule is CCOC(=O)N1CCC(NC2CCC(N)CC2)CC1. The highest BCUT2D eigenvalue weighted by molar-refractivity contribution is 5.67. The number of nitrogens with one attached hydrogen (secondary N) is 1. The number of hydrogen-bond donors (Lipinski definition) is 2. The number of nitrogens with two attached hydrogens (primary N) is 1. The Bertz CT molecular complexity index is 282. The summed E-state index contributed by atoms with van der Waals surface area (Å²) in [6.07, 6.45) is 6.56. The van der Waals surface area contributed by atoms with Crippen molar-refractivity contribution in [3.8, 4) is 0 Å². The molecule has 0 radical (unpaired) electrons. The smallest absolute Gasteiger partial charge is 0.409 e. The van der Waals surface area contributed by atoms with E-state index in [1.807, 2.05) is 11.8 Å². The van der Waals surface area contributed by atoms with Gasteiger partial charge in [0, 0.05) is 31.2 Å². The lowest BCUT2D eigenvalue weighted by molar-refractivity contribution is 0.0935. The van der Waals surface area contributed by atoms with Gasteiger partial charge in [-0.05, 0) is 45.4 Å². The summed E-state index contributed by atoms with van der Waals surface area (Å²) in [4.78, 5) is 13.4. The van der Waals surface area contributed by atoms with Crippen molar-refractivity contribution in [2.45, 2.75) is 63.6 Å². The van der Waals surface area contributed by atoms with Gasteiger partial charge in [0.2, 0.25) is 0 Å². The predicted molar refractivity (Wildman–Crippen MR) is 75.0 cm³/mol. The molecule has 0 unspecified atom stereocenters. The molecule has 19 heavy (non-hydrogen) atoms. The van der Waals surface area contributed by atoms with Crippen LogP contribution in [0.5, 0.6) is 0 Å². The number of likely N-dealkylation sites (tertiary alicyclic amines) is 1. The maximum absolute atomic E-state index is 11.6. The number of nitrogens with zero attached hydrogens (tertiary/aromatic N) is 1. The molecule has 2 aliphatic rings. The first-order valence-electron chi connectivity index (χ1n) is 7.62. The van der Waals surface area contributed by atoms with Gasteiger partial charge < -0.3 is 20.7 Å². The van der Waals surface area contributed by atoms with E-state index in [0.717, 1.165) is 38.8 Å². The summed E-state index contributed by atoms with van der Waals surface area (Å²) in [5.41, 5.74) is 5.92. The summed E-state index contributed by atoms with van der Waals surface area (Å²) in [5, 5.41) is 3.74. The average Bonchev–Trinajstić information content (AvgIpc) is 2.42. The molecule has 0 atom stereocenters. The van der Waals surface area contributed by atoms with Crippen LogP contribution in [0.15, 0.2) is 0 Å². The molecule has 0 aromatic heterocycles. The van der Waals surface area contributed by atoms with E-state index >= 15 is 0 Å². The number of ether oxygens (including phenoxy) is 1. The zero-order chi connectivity index (χ0) is 13.7. The van der Waals surface area contributed by atoms with E-state index in [9.17, 15) is 4.79 Å². The topological polar surface area (TPSA) is 67.6 Å². The molecular weight excluding hydrogens is 242 g/mol. The van der Waals surface area contributed by atoms with Crippen LogP contribution in [0, 0.1) is 0 Å². The fraction of sp³-hybridized carbons (Fsp3) is 0.929. The van der Waals surface area contributed by atoms with Crippen molar-refractivity contribution >= 4 is 6.09 Å². The third kappa shape index (κ3) is 4.35. The van der Waals surface area contributed by atoms with Crippen molar-refractivity contribution in [2.24, 2.45) is 5.73 Å². The van der Waals surface area contributed by atoms with E-state index in [-0.39, 0.29) is 6.09 Å². The van der Waals surface area contributed by atoms with E-state index in [2.05, 4.69) is 5.32 Å². The van der Waals surface area contributed by atoms with Crippen LogP contribution >= 0.6 is 0 Å². The summed E-state index contributed by atoms with van der Waals surface area (Å²) in [6, 6.07) is 1.58. The molecule has 1 amide bonds. The van der Waals surface area contributed by atoms with Crippen LogP contribution in [0.4, 0.5) is 4.79 Å². The van der Waals surface area contributed by atoms with E-state index in [0.29, 0.717) is 24.7 Å². The molecule has 0 aromatic carbocycles. The van der Waals surface area contributed by atoms with Gasteiger partial charge in [-0.15, -0.1) is 0 Å². The number of carbonyl (C=O) groups excluding carboxylic acids is 1. The van der Waals surface area contributed by atoms with E-state index in [1.54, 1.807) is 0 Å². The van der Waals surface area contributed by atoms with Crippen molar-refractivity contribution in [3.05, 3.63) is 0 Å². The quantitative estimate of drug-likeness (QED) is 0.814. The lowest BCUT2D eigenvalue weighted by atomic mass is 9.90. The second-order valence-electron chi connectivity index (χ2n) is 5.74. The molecule has 1 aliphatic carbocycles. The molecule has 1 heterocycles. The summed E-state index contributed by atoms with van der Waals surface area (Å²) in [5.74, 6) is 0. The Morgan fingerprint density at radius 1 is 1.16 bits per heavy atom. The van der Waals surface area contributed by atoms with Crippen molar-refractivity contribution in [2.75, 3.05) is 19.7 Å². The predicted octanol–water partition coefficient (Wildman–Crippen LogP) is 1.47. The van der Waals surface area contributed by atoms with Gasteiger partial charge in [0.1, 0.15) is 0 Å². The van der Waals surface area contributed by atoms with Gasteiger partial charge in [-0.3, -0.25) is 0 Å². The largest absolute Gasteiger partial charge is 0.450 e. The third-order valence-corrected chi connectivity index (χ3v) is 4.26. The maximum Gasteiger partial charge on any atom is 0.409 e. The van der Waals surface area contributed by atoms with E-state index in [1.165, 1.54) is 12.8 Å². The standard InChI is InChI=1S/C14H27N3O2/c1-2-19-14(18)17-9-7-13(8-10-17)16-12-5-3-11(15)4-6-12/h11-13,16H,2-10,15H2,1H3. The number of amides is 1. The van der Waals surface area contributed by atoms with Crippen LogP contribution in [0.3, 0.4) is 0 Å². The number of piperidine rings is 1. The molecule has 2 fully saturated rings. The van der Waals surface area contributed by atoms with Crippen LogP contribution in [0.25, 0.3) is 0 Å². The second-order valence-corrected chi connectivity index (χ2v) is 5.74. The normalized spacial score (nSPS) is 29.3. The Morgan fingerprint density at radius 2 is 1.74 bits per heavy atom. The summed E-state index contributed by atoms with van der Waals surface area (Å²) in [7, 11) is 0. The fourth-order valence-corrected chi connectivity index (χ4v) is 3.06. The zero-order valence-corrected chi connectivity index (χ0v) is 11.9. The maximum atomic E-state index is 11.6. The number of hydrogen-bond acceptors (Lipinski definition) is 4. The zero-order valence-electron chi connectivity index (χ0n) is 11.9. The summed E-state index contributed by atoms with van der Waals surface area (Å²) in [6.45, 7) is 3.92. The van der Waals surface area contributed by atoms with Crippen LogP contribution in [0.1, 0.15) is 45.4 Å². The molecule has 3 N–H and O–H groups in total. The van der Waals surface area contributed by atoms with Crippen LogP contribution in [-0.4, -0.2) is 48.8 Å². The number of carbonyl (C=O) groups is 1. The van der Waals surface area contributed by atoms with Crippen molar-refractivity contribution in [1.29, 1.82) is 0 Å². The van der Waals surface area contributed by atoms with Crippen molar-refractivity contribution in [1.82, 2.24) is 10.2 Å². The van der Waals surface area contributed by atoms with Gasteiger partial charge in [0.25, 0.3) is 0 Å². The van der Waals surface area contributed by atoms with Gasteiger partial charge in [0.15, 0.2) is 0 Å². The van der Waals surface area contributed by atoms with Gasteiger partial charge in [-0.1, -0.05) is 0 Å². The van der Waals surface area contributed by atoms with Gasteiger partial charge in [0.05, 0.1) is 6.61 Å². The van der Waals surface area contributed by atoms with E-state index < -0.39 is 0 Å². The third-order valence-electron chi connectivity index (χ3n) is 4.26. The summed E-state index contributed by atoms with van der Waals surface area (Å²) < 4.78 is 5.03. The minimum Gasteiger partial charge on any atom is -0.450 e. The number of rotatable bonds is 3. The molecular formula is C14H27N3O2. The lowest BCUT2D eigenvalue weighted by Crippen LogP contribution is -2.49. The Morgan fingerprint density at radius 3 is 2.32 bits per heavy atom. The molecule has 1 aliphatic heterocycles. The van der Waals surface area contributed by atoms with Crippen LogP contribution < -0.4 is 11.1 Å². The first-order valence-corrected chi connectivity index (χ1v) is 7.62. The molecule has 1 saturated heterocycles. The minimum atomic E-state index is -0.162. The van der Waals surface area contributed by atoms with Crippen LogP contribution in [0.2, 0.25) is 0 Å². The second kappa shape index (κ2) is 7.10. The molecule has 1 saturated carbocycles. The Hall–Kier alpha value is -0.810. The van der Waals surface area contributed by atoms with E-state index in [4.69, 9.17) is 10.5 Å². The molecule has 0 spiro atoms. The molecule has 2 rings (SSSR count). The molecule has 5 heteroatoms.